The summed E-state index contributed by atoms with van der Waals surface area (Å²) in [7, 11) is 0. The first-order valence-electron chi connectivity index (χ1n) is 3.97. The molecule has 76 valence electrons. The predicted molar refractivity (Wildman–Crippen MR) is 47.0 cm³/mol. The van der Waals surface area contributed by atoms with Crippen LogP contribution >= 0.6 is 0 Å². The van der Waals surface area contributed by atoms with Gasteiger partial charge in [-0.25, -0.2) is 4.79 Å². The van der Waals surface area contributed by atoms with Crippen LogP contribution in [0.15, 0.2) is 11.6 Å². The van der Waals surface area contributed by atoms with Crippen molar-refractivity contribution < 1.29 is 19.4 Å². The summed E-state index contributed by atoms with van der Waals surface area (Å²) in [6, 6.07) is 1.53. The fourth-order valence-electron chi connectivity index (χ4n) is 0.621. The summed E-state index contributed by atoms with van der Waals surface area (Å²) in [5, 5.41) is 16.9. The number of carbonyl (C=O) groups is 2. The number of nitrogens with zero attached hydrogens (tertiary/aromatic N) is 1. The van der Waals surface area contributed by atoms with Crippen molar-refractivity contribution in [2.45, 2.75) is 20.0 Å². The van der Waals surface area contributed by atoms with Gasteiger partial charge in [0.05, 0.1) is 6.10 Å². The van der Waals surface area contributed by atoms with Crippen LogP contribution in [-0.4, -0.2) is 29.6 Å². The average molecular weight is 197 g/mol. The first-order chi connectivity index (χ1) is 6.51. The van der Waals surface area contributed by atoms with E-state index in [1.165, 1.54) is 6.07 Å². The molecule has 0 aromatic heterocycles. The lowest BCUT2D eigenvalue weighted by Gasteiger charge is -2.05. The van der Waals surface area contributed by atoms with Gasteiger partial charge in [0.15, 0.2) is 5.78 Å². The molecule has 0 amide bonds. The first-order valence-corrected chi connectivity index (χ1v) is 3.97. The zero-order valence-corrected chi connectivity index (χ0v) is 7.98. The molecular weight excluding hydrogens is 186 g/mol. The summed E-state index contributed by atoms with van der Waals surface area (Å²) < 4.78 is 4.69. The lowest BCUT2D eigenvalue weighted by Crippen LogP contribution is -2.14. The molecule has 0 bridgehead atoms. The normalized spacial score (nSPS) is 10.9. The minimum atomic E-state index is -0.857. The minimum absolute atomic E-state index is 0.358. The molecular formula is C9H11NO4. The number of aliphatic hydroxyl groups excluding tert-OH is 1. The molecule has 0 aliphatic rings. The Hall–Kier alpha value is -1.67. The molecule has 0 saturated heterocycles. The molecule has 0 radical (unpaired) electrons. The Kier molecular flexibility index (Phi) is 5.19. The molecule has 0 saturated carbocycles. The molecule has 1 N–H and O–H groups in total. The quantitative estimate of drug-likeness (QED) is 0.388. The monoisotopic (exact) mass is 197 g/mol. The van der Waals surface area contributed by atoms with Crippen LogP contribution in [0, 0.1) is 11.3 Å². The number of hydrogen-bond acceptors (Lipinski definition) is 5. The molecule has 0 heterocycles. The summed E-state index contributed by atoms with van der Waals surface area (Å²) in [6.45, 7) is 2.52. The number of carbonyl (C=O) groups excluding carboxylic acids is 2. The van der Waals surface area contributed by atoms with Crippen molar-refractivity contribution in [2.24, 2.45) is 0 Å². The number of rotatable bonds is 4. The van der Waals surface area contributed by atoms with Crippen LogP contribution in [0.5, 0.6) is 0 Å². The lowest BCUT2D eigenvalue weighted by atomic mass is 10.2. The van der Waals surface area contributed by atoms with Crippen molar-refractivity contribution in [3.05, 3.63) is 11.6 Å². The summed E-state index contributed by atoms with van der Waals surface area (Å²) in [4.78, 5) is 21.8. The van der Waals surface area contributed by atoms with E-state index in [2.05, 4.69) is 4.74 Å². The van der Waals surface area contributed by atoms with Gasteiger partial charge in [0.2, 0.25) is 0 Å². The van der Waals surface area contributed by atoms with Gasteiger partial charge in [0, 0.05) is 6.08 Å². The van der Waals surface area contributed by atoms with Crippen molar-refractivity contribution in [1.82, 2.24) is 0 Å². The molecule has 5 nitrogen and oxygen atoms in total. The van der Waals surface area contributed by atoms with Crippen LogP contribution in [0.2, 0.25) is 0 Å². The van der Waals surface area contributed by atoms with E-state index >= 15 is 0 Å². The third-order valence-corrected chi connectivity index (χ3v) is 1.14. The van der Waals surface area contributed by atoms with Crippen LogP contribution < -0.4 is 0 Å². The molecule has 0 aliphatic heterocycles. The smallest absolute Gasteiger partial charge is 0.349 e. The fourth-order valence-corrected chi connectivity index (χ4v) is 0.621. The maximum Gasteiger partial charge on any atom is 0.349 e. The maximum atomic E-state index is 11.1. The highest BCUT2D eigenvalue weighted by Gasteiger charge is 2.13. The Labute approximate surface area is 81.6 Å². The van der Waals surface area contributed by atoms with E-state index < -0.39 is 23.9 Å². The molecule has 0 spiro atoms. The number of nitriles is 1. The second kappa shape index (κ2) is 5.89. The van der Waals surface area contributed by atoms with Gasteiger partial charge in [0.25, 0.3) is 0 Å². The van der Waals surface area contributed by atoms with Crippen molar-refractivity contribution in [1.29, 1.82) is 5.26 Å². The van der Waals surface area contributed by atoms with Gasteiger partial charge < -0.3 is 9.84 Å². The largest absolute Gasteiger partial charge is 0.459 e. The Bertz CT molecular complexity index is 298. The molecule has 0 atom stereocenters. The molecule has 0 aromatic rings. The van der Waals surface area contributed by atoms with Crippen molar-refractivity contribution in [3.8, 4) is 6.07 Å². The standard InChI is InChI=1S/C9H11NO4/c1-6(2)14-9(13)7(4-10)3-8(12)5-11/h3,6,11H,5H2,1-2H3/b7-3+. The van der Waals surface area contributed by atoms with Crippen LogP contribution in [0.25, 0.3) is 0 Å². The third-order valence-electron chi connectivity index (χ3n) is 1.14. The summed E-state index contributed by atoms with van der Waals surface area (Å²) >= 11 is 0. The average Bonchev–Trinajstić information content (AvgIpc) is 2.12. The van der Waals surface area contributed by atoms with Gasteiger partial charge in [-0.05, 0) is 13.8 Å². The maximum absolute atomic E-state index is 11.1. The minimum Gasteiger partial charge on any atom is -0.459 e. The van der Waals surface area contributed by atoms with E-state index in [1.807, 2.05) is 0 Å². The van der Waals surface area contributed by atoms with Crippen molar-refractivity contribution in [2.75, 3.05) is 6.61 Å². The van der Waals surface area contributed by atoms with Crippen molar-refractivity contribution in [3.63, 3.8) is 0 Å². The van der Waals surface area contributed by atoms with E-state index in [1.54, 1.807) is 13.8 Å². The number of aliphatic hydroxyl groups is 1. The third kappa shape index (κ3) is 4.38. The van der Waals surface area contributed by atoms with Crippen LogP contribution in [0.3, 0.4) is 0 Å². The van der Waals surface area contributed by atoms with Crippen LogP contribution in [-0.2, 0) is 14.3 Å². The van der Waals surface area contributed by atoms with E-state index in [4.69, 9.17) is 10.4 Å². The zero-order chi connectivity index (χ0) is 11.1. The molecule has 0 aliphatic carbocycles. The van der Waals surface area contributed by atoms with Crippen LogP contribution in [0.1, 0.15) is 13.8 Å². The Balaban J connectivity index is 4.59. The number of ether oxygens (including phenoxy) is 1. The highest BCUT2D eigenvalue weighted by Crippen LogP contribution is 2.00. The second-order valence-corrected chi connectivity index (χ2v) is 2.75. The van der Waals surface area contributed by atoms with E-state index in [9.17, 15) is 9.59 Å². The molecule has 14 heavy (non-hydrogen) atoms. The van der Waals surface area contributed by atoms with E-state index in [0.717, 1.165) is 6.08 Å². The first kappa shape index (κ1) is 12.3. The fraction of sp³-hybridized carbons (Fsp3) is 0.444. The van der Waals surface area contributed by atoms with Crippen LogP contribution in [0.4, 0.5) is 0 Å². The zero-order valence-electron chi connectivity index (χ0n) is 7.98. The van der Waals surface area contributed by atoms with Gasteiger partial charge >= 0.3 is 5.97 Å². The van der Waals surface area contributed by atoms with Gasteiger partial charge in [-0.3, -0.25) is 4.79 Å². The van der Waals surface area contributed by atoms with Gasteiger partial charge in [0.1, 0.15) is 18.2 Å². The molecule has 0 aromatic carbocycles. The topological polar surface area (TPSA) is 87.4 Å². The Morgan fingerprint density at radius 2 is 2.14 bits per heavy atom. The Morgan fingerprint density at radius 3 is 2.50 bits per heavy atom. The number of ketones is 1. The molecule has 5 heteroatoms. The SMILES string of the molecule is CC(C)OC(=O)/C(C#N)=C/C(=O)CO. The van der Waals surface area contributed by atoms with E-state index in [-0.39, 0.29) is 6.10 Å². The highest BCUT2D eigenvalue weighted by molar-refractivity contribution is 6.02. The lowest BCUT2D eigenvalue weighted by molar-refractivity contribution is -0.142. The highest BCUT2D eigenvalue weighted by atomic mass is 16.5. The van der Waals surface area contributed by atoms with Gasteiger partial charge in [-0.2, -0.15) is 5.26 Å². The summed E-state index contributed by atoms with van der Waals surface area (Å²) in [5.74, 6) is -1.56. The second-order valence-electron chi connectivity index (χ2n) is 2.75. The number of hydrogen-bond donors (Lipinski definition) is 1. The van der Waals surface area contributed by atoms with Gasteiger partial charge in [-0.15, -0.1) is 0 Å². The summed E-state index contributed by atoms with van der Waals surface area (Å²) in [6.07, 6.45) is 0.411. The van der Waals surface area contributed by atoms with E-state index in [0.29, 0.717) is 0 Å². The number of esters is 1. The van der Waals surface area contributed by atoms with Crippen molar-refractivity contribution >= 4 is 11.8 Å². The predicted octanol–water partition coefficient (Wildman–Crippen LogP) is -0.0506. The summed E-state index contributed by atoms with van der Waals surface area (Å²) in [5.41, 5.74) is -0.405. The molecule has 0 rings (SSSR count). The van der Waals surface area contributed by atoms with Gasteiger partial charge in [-0.1, -0.05) is 0 Å². The Morgan fingerprint density at radius 1 is 1.57 bits per heavy atom. The molecule has 0 fully saturated rings. The molecule has 0 unspecified atom stereocenters.